The van der Waals surface area contributed by atoms with E-state index in [1.54, 1.807) is 4.90 Å². The van der Waals surface area contributed by atoms with E-state index in [2.05, 4.69) is 37.2 Å². The normalized spacial score (nSPS) is 16.1. The van der Waals surface area contributed by atoms with Crippen molar-refractivity contribution < 1.29 is 13.9 Å². The fourth-order valence-corrected chi connectivity index (χ4v) is 2.47. The molecule has 1 amide bonds. The third kappa shape index (κ3) is 4.23. The van der Waals surface area contributed by atoms with Crippen molar-refractivity contribution in [2.24, 2.45) is 0 Å². The zero-order chi connectivity index (χ0) is 14.9. The standard InChI is InChI=1S/C13H18Br2N2O3/c1-13(2,3)20-12(18)17-6-8(7-17)16-5-9-4-10(14)11(15)19-9/h4,8,16H,5-7H2,1-3H3. The zero-order valence-electron chi connectivity index (χ0n) is 11.7. The molecule has 0 bridgehead atoms. The lowest BCUT2D eigenvalue weighted by atomic mass is 10.1. The molecular formula is C13H18Br2N2O3. The molecule has 0 saturated carbocycles. The summed E-state index contributed by atoms with van der Waals surface area (Å²) in [6.45, 7) is 7.57. The zero-order valence-corrected chi connectivity index (χ0v) is 14.9. The maximum Gasteiger partial charge on any atom is 0.410 e. The fraction of sp³-hybridized carbons (Fsp3) is 0.615. The molecule has 1 aliphatic heterocycles. The minimum Gasteiger partial charge on any atom is -0.452 e. The molecule has 0 unspecified atom stereocenters. The van der Waals surface area contributed by atoms with Crippen LogP contribution in [0.25, 0.3) is 0 Å². The van der Waals surface area contributed by atoms with Gasteiger partial charge in [0.25, 0.3) is 0 Å². The molecule has 1 saturated heterocycles. The van der Waals surface area contributed by atoms with Crippen molar-refractivity contribution in [3.63, 3.8) is 0 Å². The first kappa shape index (κ1) is 15.9. The van der Waals surface area contributed by atoms with Crippen molar-refractivity contribution in [1.82, 2.24) is 10.2 Å². The van der Waals surface area contributed by atoms with Gasteiger partial charge in [-0.3, -0.25) is 0 Å². The van der Waals surface area contributed by atoms with E-state index in [9.17, 15) is 4.79 Å². The largest absolute Gasteiger partial charge is 0.452 e. The maximum atomic E-state index is 11.8. The Bertz CT molecular complexity index is 471. The van der Waals surface area contributed by atoms with Crippen molar-refractivity contribution in [1.29, 1.82) is 0 Å². The highest BCUT2D eigenvalue weighted by Crippen LogP contribution is 2.26. The lowest BCUT2D eigenvalue weighted by Crippen LogP contribution is -2.60. The Morgan fingerprint density at radius 1 is 1.50 bits per heavy atom. The van der Waals surface area contributed by atoms with Gasteiger partial charge in [0.1, 0.15) is 11.4 Å². The number of likely N-dealkylation sites (tertiary alicyclic amines) is 1. The van der Waals surface area contributed by atoms with Gasteiger partial charge in [0.05, 0.1) is 11.0 Å². The third-order valence-corrected chi connectivity index (χ3v) is 4.50. The predicted octanol–water partition coefficient (Wildman–Crippen LogP) is 3.51. The number of halogens is 2. The van der Waals surface area contributed by atoms with E-state index in [0.29, 0.717) is 24.3 Å². The van der Waals surface area contributed by atoms with Crippen LogP contribution in [-0.4, -0.2) is 35.7 Å². The molecule has 5 nitrogen and oxygen atoms in total. The highest BCUT2D eigenvalue weighted by atomic mass is 79.9. The molecule has 0 aromatic carbocycles. The Hall–Kier alpha value is -0.530. The first-order chi connectivity index (χ1) is 9.24. The summed E-state index contributed by atoms with van der Waals surface area (Å²) in [7, 11) is 0. The lowest BCUT2D eigenvalue weighted by Gasteiger charge is -2.40. The first-order valence-corrected chi connectivity index (χ1v) is 7.98. The molecule has 0 radical (unpaired) electrons. The monoisotopic (exact) mass is 408 g/mol. The number of hydrogen-bond acceptors (Lipinski definition) is 4. The Balaban J connectivity index is 1.70. The van der Waals surface area contributed by atoms with E-state index < -0.39 is 5.60 Å². The molecule has 1 fully saturated rings. The molecule has 1 aromatic rings. The molecule has 2 heterocycles. The summed E-state index contributed by atoms with van der Waals surface area (Å²) >= 11 is 6.67. The van der Waals surface area contributed by atoms with Gasteiger partial charge in [0, 0.05) is 19.1 Å². The van der Waals surface area contributed by atoms with Crippen LogP contribution < -0.4 is 5.32 Å². The van der Waals surface area contributed by atoms with Crippen LogP contribution in [0.3, 0.4) is 0 Å². The summed E-state index contributed by atoms with van der Waals surface area (Å²) in [5.74, 6) is 0.847. The molecule has 1 aromatic heterocycles. The summed E-state index contributed by atoms with van der Waals surface area (Å²) in [6, 6.07) is 2.20. The quantitative estimate of drug-likeness (QED) is 0.829. The summed E-state index contributed by atoms with van der Waals surface area (Å²) in [6.07, 6.45) is -0.251. The van der Waals surface area contributed by atoms with Crippen molar-refractivity contribution in [3.05, 3.63) is 21.0 Å². The molecule has 1 aliphatic rings. The Morgan fingerprint density at radius 2 is 2.15 bits per heavy atom. The second kappa shape index (κ2) is 6.07. The average Bonchev–Trinajstić information content (AvgIpc) is 2.53. The highest BCUT2D eigenvalue weighted by Gasteiger charge is 2.33. The number of amides is 1. The molecule has 1 N–H and O–H groups in total. The summed E-state index contributed by atoms with van der Waals surface area (Å²) in [4.78, 5) is 13.4. The minimum absolute atomic E-state index is 0.251. The van der Waals surface area contributed by atoms with Gasteiger partial charge in [0.2, 0.25) is 0 Å². The Kier molecular flexibility index (Phi) is 4.81. The Labute approximate surface area is 135 Å². The van der Waals surface area contributed by atoms with Crippen LogP contribution in [0.5, 0.6) is 0 Å². The van der Waals surface area contributed by atoms with E-state index in [-0.39, 0.29) is 12.1 Å². The predicted molar refractivity (Wildman–Crippen MR) is 82.5 cm³/mol. The van der Waals surface area contributed by atoms with Gasteiger partial charge in [-0.1, -0.05) is 0 Å². The number of carbonyl (C=O) groups excluding carboxylic acids is 1. The number of ether oxygens (including phenoxy) is 1. The van der Waals surface area contributed by atoms with Gasteiger partial charge in [-0.2, -0.15) is 0 Å². The number of hydrogen-bond donors (Lipinski definition) is 1. The van der Waals surface area contributed by atoms with E-state index in [1.807, 2.05) is 26.8 Å². The molecule has 20 heavy (non-hydrogen) atoms. The summed E-state index contributed by atoms with van der Waals surface area (Å²) in [5.41, 5.74) is -0.442. The summed E-state index contributed by atoms with van der Waals surface area (Å²) in [5, 5.41) is 3.34. The van der Waals surface area contributed by atoms with Gasteiger partial charge >= 0.3 is 6.09 Å². The van der Waals surface area contributed by atoms with Gasteiger partial charge in [-0.25, -0.2) is 4.79 Å². The minimum atomic E-state index is -0.442. The van der Waals surface area contributed by atoms with E-state index >= 15 is 0 Å². The van der Waals surface area contributed by atoms with Crippen LogP contribution in [0, 0.1) is 0 Å². The topological polar surface area (TPSA) is 54.7 Å². The molecular weight excluding hydrogens is 392 g/mol. The molecule has 0 aliphatic carbocycles. The van der Waals surface area contributed by atoms with Crippen LogP contribution in [0.1, 0.15) is 26.5 Å². The van der Waals surface area contributed by atoms with Gasteiger partial charge in [0.15, 0.2) is 4.67 Å². The van der Waals surface area contributed by atoms with Crippen LogP contribution in [-0.2, 0) is 11.3 Å². The second-order valence-corrected chi connectivity index (χ2v) is 7.37. The van der Waals surface area contributed by atoms with Crippen LogP contribution >= 0.6 is 31.9 Å². The average molecular weight is 410 g/mol. The fourth-order valence-electron chi connectivity index (χ4n) is 1.81. The van der Waals surface area contributed by atoms with Crippen molar-refractivity contribution in [2.75, 3.05) is 13.1 Å². The van der Waals surface area contributed by atoms with Crippen LogP contribution in [0.4, 0.5) is 4.79 Å². The highest BCUT2D eigenvalue weighted by molar-refractivity contribution is 9.13. The number of rotatable bonds is 3. The Morgan fingerprint density at radius 3 is 2.65 bits per heavy atom. The second-order valence-electron chi connectivity index (χ2n) is 5.80. The smallest absolute Gasteiger partial charge is 0.410 e. The molecule has 2 rings (SSSR count). The van der Waals surface area contributed by atoms with Crippen LogP contribution in [0.2, 0.25) is 0 Å². The lowest BCUT2D eigenvalue weighted by molar-refractivity contribution is 0.00505. The first-order valence-electron chi connectivity index (χ1n) is 6.39. The van der Waals surface area contributed by atoms with Gasteiger partial charge in [-0.05, 0) is 58.7 Å². The SMILES string of the molecule is CC(C)(C)OC(=O)N1CC(NCc2cc(Br)c(Br)o2)C1. The van der Waals surface area contributed by atoms with Crippen molar-refractivity contribution >= 4 is 38.0 Å². The van der Waals surface area contributed by atoms with Crippen LogP contribution in [0.15, 0.2) is 19.6 Å². The van der Waals surface area contributed by atoms with Crippen molar-refractivity contribution in [2.45, 2.75) is 39.0 Å². The summed E-state index contributed by atoms with van der Waals surface area (Å²) < 4.78 is 12.4. The molecule has 112 valence electrons. The van der Waals surface area contributed by atoms with Crippen molar-refractivity contribution in [3.8, 4) is 0 Å². The van der Waals surface area contributed by atoms with E-state index in [0.717, 1.165) is 10.2 Å². The van der Waals surface area contributed by atoms with Gasteiger partial charge < -0.3 is 19.4 Å². The number of nitrogens with zero attached hydrogens (tertiary/aromatic N) is 1. The maximum absolute atomic E-state index is 11.8. The third-order valence-electron chi connectivity index (χ3n) is 2.79. The number of nitrogens with one attached hydrogen (secondary N) is 1. The molecule has 7 heteroatoms. The van der Waals surface area contributed by atoms with Gasteiger partial charge in [-0.15, -0.1) is 0 Å². The number of carbonyl (C=O) groups is 1. The van der Waals surface area contributed by atoms with E-state index in [1.165, 1.54) is 0 Å². The number of furan rings is 1. The van der Waals surface area contributed by atoms with E-state index in [4.69, 9.17) is 9.15 Å². The molecule has 0 atom stereocenters. The molecule has 0 spiro atoms.